The number of aromatic amines is 1. The molecule has 0 unspecified atom stereocenters. The van der Waals surface area contributed by atoms with Gasteiger partial charge in [-0.1, -0.05) is 6.07 Å². The summed E-state index contributed by atoms with van der Waals surface area (Å²) in [5.74, 6) is 1.69. The number of aryl methyl sites for hydroxylation is 1. The van der Waals surface area contributed by atoms with Crippen LogP contribution in [0.25, 0.3) is 5.52 Å². The van der Waals surface area contributed by atoms with Crippen molar-refractivity contribution >= 4 is 17.2 Å². The minimum atomic E-state index is -0.111. The molecule has 128 valence electrons. The van der Waals surface area contributed by atoms with Crippen molar-refractivity contribution in [3.8, 4) is 0 Å². The predicted molar refractivity (Wildman–Crippen MR) is 95.1 cm³/mol. The van der Waals surface area contributed by atoms with Crippen LogP contribution in [-0.4, -0.2) is 51.4 Å². The van der Waals surface area contributed by atoms with Gasteiger partial charge in [-0.25, -0.2) is 4.98 Å². The number of carbonyl (C=O) groups excluding carboxylic acids is 1. The molecule has 25 heavy (non-hydrogen) atoms. The molecule has 0 spiro atoms. The van der Waals surface area contributed by atoms with E-state index in [1.54, 1.807) is 12.3 Å². The number of piperazine rings is 1. The number of anilines is 1. The highest BCUT2D eigenvalue weighted by molar-refractivity contribution is 5.94. The van der Waals surface area contributed by atoms with Crippen LogP contribution in [-0.2, 0) is 0 Å². The van der Waals surface area contributed by atoms with Crippen LogP contribution in [0.5, 0.6) is 0 Å². The summed E-state index contributed by atoms with van der Waals surface area (Å²) in [6.07, 6.45) is 3.64. The van der Waals surface area contributed by atoms with E-state index in [4.69, 9.17) is 0 Å². The Labute approximate surface area is 144 Å². The number of fused-ring (bicyclic) bond motifs is 1. The lowest BCUT2D eigenvalue weighted by atomic mass is 10.2. The molecule has 0 aromatic carbocycles. The molecular formula is C18H19N5O2. The van der Waals surface area contributed by atoms with Crippen LogP contribution >= 0.6 is 0 Å². The zero-order valence-electron chi connectivity index (χ0n) is 14.0. The highest BCUT2D eigenvalue weighted by atomic mass is 16.2. The molecule has 0 atom stereocenters. The van der Waals surface area contributed by atoms with E-state index >= 15 is 0 Å². The summed E-state index contributed by atoms with van der Waals surface area (Å²) in [6.45, 7) is 4.55. The van der Waals surface area contributed by atoms with Crippen molar-refractivity contribution in [3.63, 3.8) is 0 Å². The first-order valence-electron chi connectivity index (χ1n) is 8.29. The fraction of sp³-hybridized carbons (Fsp3) is 0.278. The van der Waals surface area contributed by atoms with Gasteiger partial charge in [0.15, 0.2) is 0 Å². The van der Waals surface area contributed by atoms with Gasteiger partial charge in [-0.3, -0.25) is 9.59 Å². The first-order chi connectivity index (χ1) is 12.1. The number of imidazole rings is 1. The lowest BCUT2D eigenvalue weighted by molar-refractivity contribution is 0.0746. The zero-order chi connectivity index (χ0) is 17.4. The van der Waals surface area contributed by atoms with Gasteiger partial charge in [-0.2, -0.15) is 0 Å². The van der Waals surface area contributed by atoms with Crippen molar-refractivity contribution in [2.24, 2.45) is 0 Å². The number of H-pyrrole nitrogens is 1. The number of amides is 1. The quantitative estimate of drug-likeness (QED) is 0.765. The van der Waals surface area contributed by atoms with E-state index in [9.17, 15) is 9.59 Å². The van der Waals surface area contributed by atoms with Crippen molar-refractivity contribution in [2.75, 3.05) is 31.1 Å². The fourth-order valence-corrected chi connectivity index (χ4v) is 3.20. The third kappa shape index (κ3) is 2.88. The SMILES string of the molecule is Cc1ncc2ccc(C(=O)N3CCN(c4cccc(=O)[nH]4)CC3)cn12. The summed E-state index contributed by atoms with van der Waals surface area (Å²) in [7, 11) is 0. The van der Waals surface area contributed by atoms with Gasteiger partial charge < -0.3 is 19.2 Å². The van der Waals surface area contributed by atoms with Crippen LogP contribution in [0.15, 0.2) is 47.5 Å². The van der Waals surface area contributed by atoms with Crippen LogP contribution in [0.3, 0.4) is 0 Å². The molecule has 1 aliphatic rings. The second-order valence-corrected chi connectivity index (χ2v) is 6.20. The molecule has 1 amide bonds. The van der Waals surface area contributed by atoms with E-state index in [1.165, 1.54) is 6.07 Å². The van der Waals surface area contributed by atoms with Crippen molar-refractivity contribution in [3.05, 3.63) is 64.5 Å². The van der Waals surface area contributed by atoms with Crippen LogP contribution in [0.4, 0.5) is 5.82 Å². The van der Waals surface area contributed by atoms with Crippen molar-refractivity contribution in [1.29, 1.82) is 0 Å². The van der Waals surface area contributed by atoms with Gasteiger partial charge in [0.05, 0.1) is 17.3 Å². The lowest BCUT2D eigenvalue weighted by Gasteiger charge is -2.35. The summed E-state index contributed by atoms with van der Waals surface area (Å²) in [4.78, 5) is 35.3. The zero-order valence-corrected chi connectivity index (χ0v) is 14.0. The summed E-state index contributed by atoms with van der Waals surface area (Å²) in [6, 6.07) is 8.89. The Bertz CT molecular complexity index is 982. The Morgan fingerprint density at radius 1 is 1.12 bits per heavy atom. The molecule has 0 aliphatic carbocycles. The fourth-order valence-electron chi connectivity index (χ4n) is 3.20. The number of hydrogen-bond donors (Lipinski definition) is 1. The van der Waals surface area contributed by atoms with Gasteiger partial charge in [-0.15, -0.1) is 0 Å². The molecule has 1 saturated heterocycles. The Balaban J connectivity index is 1.48. The van der Waals surface area contributed by atoms with Gasteiger partial charge in [0, 0.05) is 38.4 Å². The van der Waals surface area contributed by atoms with Gasteiger partial charge >= 0.3 is 0 Å². The van der Waals surface area contributed by atoms with Crippen LogP contribution in [0, 0.1) is 6.92 Å². The van der Waals surface area contributed by atoms with Gasteiger partial charge in [0.1, 0.15) is 11.6 Å². The molecule has 3 aromatic rings. The Kier molecular flexibility index (Phi) is 3.76. The molecule has 7 heteroatoms. The van der Waals surface area contributed by atoms with Crippen LogP contribution in [0.1, 0.15) is 16.2 Å². The van der Waals surface area contributed by atoms with Gasteiger partial charge in [0.2, 0.25) is 5.56 Å². The maximum absolute atomic E-state index is 12.8. The number of pyridine rings is 2. The minimum Gasteiger partial charge on any atom is -0.355 e. The molecular weight excluding hydrogens is 318 g/mol. The first-order valence-corrected chi connectivity index (χ1v) is 8.29. The second kappa shape index (κ2) is 6.08. The summed E-state index contributed by atoms with van der Waals surface area (Å²) < 4.78 is 1.93. The van der Waals surface area contributed by atoms with Gasteiger partial charge in [-0.05, 0) is 25.1 Å². The minimum absolute atomic E-state index is 0.0243. The van der Waals surface area contributed by atoms with E-state index in [2.05, 4.69) is 14.9 Å². The van der Waals surface area contributed by atoms with E-state index in [1.807, 2.05) is 40.6 Å². The molecule has 1 fully saturated rings. The normalized spacial score (nSPS) is 14.9. The lowest BCUT2D eigenvalue weighted by Crippen LogP contribution is -2.49. The second-order valence-electron chi connectivity index (χ2n) is 6.20. The van der Waals surface area contributed by atoms with Crippen molar-refractivity contribution < 1.29 is 4.79 Å². The Morgan fingerprint density at radius 3 is 2.68 bits per heavy atom. The molecule has 1 aliphatic heterocycles. The van der Waals surface area contributed by atoms with E-state index in [0.29, 0.717) is 31.7 Å². The average molecular weight is 337 g/mol. The molecule has 0 bridgehead atoms. The van der Waals surface area contributed by atoms with Crippen LogP contribution in [0.2, 0.25) is 0 Å². The monoisotopic (exact) mass is 337 g/mol. The number of hydrogen-bond acceptors (Lipinski definition) is 4. The molecule has 0 radical (unpaired) electrons. The smallest absolute Gasteiger partial charge is 0.255 e. The van der Waals surface area contributed by atoms with Crippen LogP contribution < -0.4 is 10.5 Å². The first kappa shape index (κ1) is 15.4. The number of rotatable bonds is 2. The number of nitrogens with one attached hydrogen (secondary N) is 1. The van der Waals surface area contributed by atoms with E-state index in [-0.39, 0.29) is 11.5 Å². The average Bonchev–Trinajstić information content (AvgIpc) is 3.02. The largest absolute Gasteiger partial charge is 0.355 e. The summed E-state index contributed by atoms with van der Waals surface area (Å²) in [5, 5.41) is 0. The molecule has 4 heterocycles. The van der Waals surface area contributed by atoms with Crippen molar-refractivity contribution in [2.45, 2.75) is 6.92 Å². The molecule has 0 saturated carbocycles. The predicted octanol–water partition coefficient (Wildman–Crippen LogP) is 1.29. The maximum atomic E-state index is 12.8. The maximum Gasteiger partial charge on any atom is 0.255 e. The summed E-state index contributed by atoms with van der Waals surface area (Å²) in [5.41, 5.74) is 1.53. The molecule has 7 nitrogen and oxygen atoms in total. The third-order valence-electron chi connectivity index (χ3n) is 4.62. The highest BCUT2D eigenvalue weighted by Crippen LogP contribution is 2.15. The Morgan fingerprint density at radius 2 is 1.92 bits per heavy atom. The molecule has 4 rings (SSSR count). The van der Waals surface area contributed by atoms with Crippen molar-refractivity contribution in [1.82, 2.24) is 19.3 Å². The Hall–Kier alpha value is -3.09. The van der Waals surface area contributed by atoms with Gasteiger partial charge in [0.25, 0.3) is 5.91 Å². The highest BCUT2D eigenvalue weighted by Gasteiger charge is 2.23. The number of aromatic nitrogens is 3. The van der Waals surface area contributed by atoms with E-state index < -0.39 is 0 Å². The van der Waals surface area contributed by atoms with E-state index in [0.717, 1.165) is 17.2 Å². The standard InChI is InChI=1S/C18H19N5O2/c1-13-19-11-15-6-5-14(12-23(13)15)18(25)22-9-7-21(8-10-22)16-3-2-4-17(24)20-16/h2-6,11-12H,7-10H2,1H3,(H,20,24). The number of nitrogens with zero attached hydrogens (tertiary/aromatic N) is 4. The summed E-state index contributed by atoms with van der Waals surface area (Å²) >= 11 is 0. The number of carbonyl (C=O) groups is 1. The molecule has 3 aromatic heterocycles. The third-order valence-corrected chi connectivity index (χ3v) is 4.62. The topological polar surface area (TPSA) is 73.7 Å². The molecule has 1 N–H and O–H groups in total.